The predicted molar refractivity (Wildman–Crippen MR) is 72.2 cm³/mol. The van der Waals surface area contributed by atoms with E-state index in [0.29, 0.717) is 17.7 Å². The van der Waals surface area contributed by atoms with Gasteiger partial charge in [0.25, 0.3) is 0 Å². The van der Waals surface area contributed by atoms with Crippen molar-refractivity contribution in [2.45, 2.75) is 6.54 Å². The molecule has 0 aliphatic rings. The topological polar surface area (TPSA) is 28.7 Å². The molecular weight excluding hydrogens is 239 g/mol. The molecule has 19 heavy (non-hydrogen) atoms. The lowest BCUT2D eigenvalue weighted by molar-refractivity contribution is 0.602. The number of aromatic nitrogens is 1. The average molecular weight is 250 g/mol. The summed E-state index contributed by atoms with van der Waals surface area (Å²) < 4.78 is 15.6. The van der Waals surface area contributed by atoms with Crippen LogP contribution in [0.4, 0.5) is 4.39 Å². The summed E-state index contributed by atoms with van der Waals surface area (Å²) in [7, 11) is 0. The molecule has 3 heteroatoms. The van der Waals surface area contributed by atoms with Gasteiger partial charge >= 0.3 is 0 Å². The van der Waals surface area contributed by atoms with E-state index in [9.17, 15) is 4.39 Å². The van der Waals surface area contributed by atoms with E-state index in [1.54, 1.807) is 18.3 Å². The van der Waals surface area contributed by atoms with Crippen LogP contribution in [0.3, 0.4) is 0 Å². The van der Waals surface area contributed by atoms with Gasteiger partial charge in [0.1, 0.15) is 11.9 Å². The summed E-state index contributed by atoms with van der Waals surface area (Å²) in [6, 6.07) is 16.5. The fourth-order valence-electron chi connectivity index (χ4n) is 2.28. The van der Waals surface area contributed by atoms with Gasteiger partial charge in [0, 0.05) is 22.7 Å². The minimum Gasteiger partial charge on any atom is -0.342 e. The van der Waals surface area contributed by atoms with Gasteiger partial charge in [-0.2, -0.15) is 5.26 Å². The molecule has 0 atom stereocenters. The van der Waals surface area contributed by atoms with Crippen molar-refractivity contribution >= 4 is 10.9 Å². The molecule has 0 N–H and O–H groups in total. The van der Waals surface area contributed by atoms with Gasteiger partial charge in [-0.1, -0.05) is 36.4 Å². The summed E-state index contributed by atoms with van der Waals surface area (Å²) >= 11 is 0. The Morgan fingerprint density at radius 3 is 2.58 bits per heavy atom. The molecule has 0 unspecified atom stereocenters. The molecule has 0 bridgehead atoms. The van der Waals surface area contributed by atoms with Crippen LogP contribution in [0.1, 0.15) is 11.1 Å². The maximum atomic E-state index is 13.7. The zero-order valence-electron chi connectivity index (χ0n) is 10.2. The van der Waals surface area contributed by atoms with Crippen LogP contribution in [0.2, 0.25) is 0 Å². The summed E-state index contributed by atoms with van der Waals surface area (Å²) in [5.74, 6) is -0.223. The molecule has 2 nitrogen and oxygen atoms in total. The molecule has 92 valence electrons. The quantitative estimate of drug-likeness (QED) is 0.681. The van der Waals surface area contributed by atoms with Crippen molar-refractivity contribution < 1.29 is 4.39 Å². The molecular formula is C16H11FN2. The largest absolute Gasteiger partial charge is 0.342 e. The molecule has 0 aliphatic heterocycles. The van der Waals surface area contributed by atoms with Gasteiger partial charge < -0.3 is 4.57 Å². The fraction of sp³-hybridized carbons (Fsp3) is 0.0625. The van der Waals surface area contributed by atoms with E-state index >= 15 is 0 Å². The zero-order chi connectivity index (χ0) is 13.2. The summed E-state index contributed by atoms with van der Waals surface area (Å²) in [6.45, 7) is 0.425. The third-order valence-corrected chi connectivity index (χ3v) is 3.21. The lowest BCUT2D eigenvalue weighted by Crippen LogP contribution is -2.00. The number of nitrogens with zero attached hydrogens (tertiary/aromatic N) is 2. The number of para-hydroxylation sites is 1. The molecule has 0 fully saturated rings. The van der Waals surface area contributed by atoms with Gasteiger partial charge in [0.05, 0.1) is 12.1 Å². The molecule has 0 spiro atoms. The normalized spacial score (nSPS) is 10.5. The molecule has 2 aromatic carbocycles. The Morgan fingerprint density at radius 1 is 1.05 bits per heavy atom. The van der Waals surface area contributed by atoms with Crippen LogP contribution in [0.25, 0.3) is 10.9 Å². The van der Waals surface area contributed by atoms with Gasteiger partial charge in [-0.15, -0.1) is 0 Å². The maximum Gasteiger partial charge on any atom is 0.128 e. The van der Waals surface area contributed by atoms with Crippen molar-refractivity contribution in [1.29, 1.82) is 5.26 Å². The highest BCUT2D eigenvalue weighted by atomic mass is 19.1. The van der Waals surface area contributed by atoms with Crippen LogP contribution in [0.5, 0.6) is 0 Å². The summed E-state index contributed by atoms with van der Waals surface area (Å²) in [5.41, 5.74) is 2.18. The second kappa shape index (κ2) is 4.58. The number of halogens is 1. The molecule has 0 saturated carbocycles. The second-order valence-corrected chi connectivity index (χ2v) is 4.39. The van der Waals surface area contributed by atoms with Gasteiger partial charge in [-0.3, -0.25) is 0 Å². The van der Waals surface area contributed by atoms with Crippen LogP contribution in [0, 0.1) is 17.1 Å². The van der Waals surface area contributed by atoms with Crippen molar-refractivity contribution in [1.82, 2.24) is 4.57 Å². The first-order valence-electron chi connectivity index (χ1n) is 6.01. The molecule has 0 amide bonds. The van der Waals surface area contributed by atoms with Gasteiger partial charge in [-0.05, 0) is 12.1 Å². The van der Waals surface area contributed by atoms with E-state index in [0.717, 1.165) is 10.9 Å². The van der Waals surface area contributed by atoms with Crippen LogP contribution in [-0.4, -0.2) is 4.57 Å². The number of rotatable bonds is 2. The fourth-order valence-corrected chi connectivity index (χ4v) is 2.28. The van der Waals surface area contributed by atoms with E-state index < -0.39 is 0 Å². The number of hydrogen-bond acceptors (Lipinski definition) is 1. The van der Waals surface area contributed by atoms with E-state index in [-0.39, 0.29) is 5.82 Å². The number of nitriles is 1. The van der Waals surface area contributed by atoms with E-state index in [4.69, 9.17) is 5.26 Å². The minimum atomic E-state index is -0.223. The first kappa shape index (κ1) is 11.5. The predicted octanol–water partition coefficient (Wildman–Crippen LogP) is 3.70. The third-order valence-electron chi connectivity index (χ3n) is 3.21. The molecule has 1 aromatic heterocycles. The van der Waals surface area contributed by atoms with Gasteiger partial charge in [-0.25, -0.2) is 4.39 Å². The highest BCUT2D eigenvalue weighted by Gasteiger charge is 2.09. The number of benzene rings is 2. The lowest BCUT2D eigenvalue weighted by atomic mass is 10.2. The summed E-state index contributed by atoms with van der Waals surface area (Å²) in [5, 5.41) is 10.0. The Hall–Kier alpha value is -2.60. The molecule has 0 aliphatic carbocycles. The van der Waals surface area contributed by atoms with E-state index in [1.807, 2.05) is 34.9 Å². The Balaban J connectivity index is 2.12. The molecule has 0 radical (unpaired) electrons. The third kappa shape index (κ3) is 1.98. The van der Waals surface area contributed by atoms with Crippen LogP contribution in [0.15, 0.2) is 54.7 Å². The van der Waals surface area contributed by atoms with Crippen LogP contribution in [-0.2, 0) is 6.54 Å². The van der Waals surface area contributed by atoms with E-state index in [1.165, 1.54) is 6.07 Å². The highest BCUT2D eigenvalue weighted by molar-refractivity contribution is 5.86. The Labute approximate surface area is 110 Å². The number of fused-ring (bicyclic) bond motifs is 1. The SMILES string of the molecule is N#Cc1cn(Cc2ccccc2F)c2ccccc12. The molecule has 0 saturated heterocycles. The van der Waals surface area contributed by atoms with Crippen molar-refractivity contribution in [3.63, 3.8) is 0 Å². The number of hydrogen-bond donors (Lipinski definition) is 0. The monoisotopic (exact) mass is 250 g/mol. The maximum absolute atomic E-state index is 13.7. The summed E-state index contributed by atoms with van der Waals surface area (Å²) in [4.78, 5) is 0. The van der Waals surface area contributed by atoms with Crippen molar-refractivity contribution in [3.05, 3.63) is 71.7 Å². The van der Waals surface area contributed by atoms with E-state index in [2.05, 4.69) is 6.07 Å². The van der Waals surface area contributed by atoms with Gasteiger partial charge in [0.15, 0.2) is 0 Å². The zero-order valence-corrected chi connectivity index (χ0v) is 10.2. The highest BCUT2D eigenvalue weighted by Crippen LogP contribution is 2.22. The molecule has 3 rings (SSSR count). The van der Waals surface area contributed by atoms with Crippen LogP contribution >= 0.6 is 0 Å². The van der Waals surface area contributed by atoms with Crippen molar-refractivity contribution in [2.24, 2.45) is 0 Å². The standard InChI is InChI=1S/C16H11FN2/c17-15-7-3-1-5-12(15)10-19-11-13(9-18)14-6-2-4-8-16(14)19/h1-8,11H,10H2. The smallest absolute Gasteiger partial charge is 0.128 e. The molecule has 3 aromatic rings. The average Bonchev–Trinajstić information content (AvgIpc) is 2.80. The Bertz CT molecular complexity index is 781. The Morgan fingerprint density at radius 2 is 1.79 bits per heavy atom. The van der Waals surface area contributed by atoms with Crippen LogP contribution < -0.4 is 0 Å². The second-order valence-electron chi connectivity index (χ2n) is 4.39. The molecule has 1 heterocycles. The summed E-state index contributed by atoms with van der Waals surface area (Å²) in [6.07, 6.45) is 1.77. The van der Waals surface area contributed by atoms with Gasteiger partial charge in [0.2, 0.25) is 0 Å². The first-order chi connectivity index (χ1) is 9.29. The lowest BCUT2D eigenvalue weighted by Gasteiger charge is -2.06. The Kier molecular flexibility index (Phi) is 2.77. The first-order valence-corrected chi connectivity index (χ1v) is 6.01. The van der Waals surface area contributed by atoms with Crippen molar-refractivity contribution in [2.75, 3.05) is 0 Å². The minimum absolute atomic E-state index is 0.223. The van der Waals surface area contributed by atoms with Crippen molar-refractivity contribution in [3.8, 4) is 6.07 Å².